The van der Waals surface area contributed by atoms with Crippen LogP contribution >= 0.6 is 11.3 Å². The largest absolute Gasteiger partial charge is 0.391 e. The van der Waals surface area contributed by atoms with Gasteiger partial charge in [0.25, 0.3) is 5.56 Å². The quantitative estimate of drug-likeness (QED) is 0.763. The Kier molecular flexibility index (Phi) is 3.10. The number of H-pyrrole nitrogens is 1. The molecular weight excluding hydrogens is 238 g/mol. The highest BCUT2D eigenvalue weighted by Crippen LogP contribution is 2.23. The Morgan fingerprint density at radius 1 is 1.53 bits per heavy atom. The lowest BCUT2D eigenvalue weighted by molar-refractivity contribution is 0.858. The fourth-order valence-electron chi connectivity index (χ4n) is 1.36. The number of nitrogens with zero attached hydrogens (tertiary/aromatic N) is 2. The first-order valence-electron chi connectivity index (χ1n) is 5.10. The molecule has 0 saturated heterocycles. The number of aryl methyl sites for hydroxylation is 1. The van der Waals surface area contributed by atoms with E-state index < -0.39 is 0 Å². The van der Waals surface area contributed by atoms with E-state index in [4.69, 9.17) is 5.73 Å². The van der Waals surface area contributed by atoms with Crippen LogP contribution in [0.2, 0.25) is 0 Å². The number of hydrogen-bond acceptors (Lipinski definition) is 6. The first kappa shape index (κ1) is 11.6. The molecule has 0 aliphatic heterocycles. The van der Waals surface area contributed by atoms with E-state index in [1.807, 2.05) is 20.0 Å². The second kappa shape index (κ2) is 4.54. The molecule has 0 saturated carbocycles. The highest BCUT2D eigenvalue weighted by molar-refractivity contribution is 7.11. The van der Waals surface area contributed by atoms with Gasteiger partial charge in [0.1, 0.15) is 10.7 Å². The van der Waals surface area contributed by atoms with Crippen LogP contribution in [0.15, 0.2) is 17.3 Å². The van der Waals surface area contributed by atoms with Gasteiger partial charge in [-0.1, -0.05) is 0 Å². The van der Waals surface area contributed by atoms with Crippen LogP contribution in [-0.4, -0.2) is 15.0 Å². The highest BCUT2D eigenvalue weighted by Gasteiger charge is 2.12. The van der Waals surface area contributed by atoms with Crippen LogP contribution in [0, 0.1) is 6.92 Å². The Hall–Kier alpha value is -1.89. The predicted molar refractivity (Wildman–Crippen MR) is 68.2 cm³/mol. The molecule has 0 fully saturated rings. The van der Waals surface area contributed by atoms with Gasteiger partial charge in [-0.25, -0.2) is 9.97 Å². The highest BCUT2D eigenvalue weighted by atomic mass is 32.1. The molecule has 2 aromatic heterocycles. The molecule has 2 rings (SSSR count). The van der Waals surface area contributed by atoms with E-state index in [2.05, 4.69) is 20.3 Å². The molecule has 0 bridgehead atoms. The number of anilines is 2. The van der Waals surface area contributed by atoms with Crippen molar-refractivity contribution in [1.82, 2.24) is 15.0 Å². The van der Waals surface area contributed by atoms with Gasteiger partial charge in [-0.05, 0) is 13.8 Å². The van der Waals surface area contributed by atoms with E-state index in [1.165, 1.54) is 6.33 Å². The van der Waals surface area contributed by atoms with Gasteiger partial charge >= 0.3 is 0 Å². The Balaban J connectivity index is 2.21. The third-order valence-corrected chi connectivity index (χ3v) is 3.35. The monoisotopic (exact) mass is 251 g/mol. The molecule has 0 spiro atoms. The van der Waals surface area contributed by atoms with Crippen molar-refractivity contribution in [2.24, 2.45) is 0 Å². The molecule has 17 heavy (non-hydrogen) atoms. The van der Waals surface area contributed by atoms with Gasteiger partial charge in [-0.2, -0.15) is 0 Å². The summed E-state index contributed by atoms with van der Waals surface area (Å²) in [5.74, 6) is 0.383. The first-order chi connectivity index (χ1) is 8.08. The molecule has 1 unspecified atom stereocenters. The summed E-state index contributed by atoms with van der Waals surface area (Å²) in [6.45, 7) is 3.94. The molecule has 0 aliphatic rings. The Morgan fingerprint density at radius 2 is 2.29 bits per heavy atom. The lowest BCUT2D eigenvalue weighted by Crippen LogP contribution is -2.17. The summed E-state index contributed by atoms with van der Waals surface area (Å²) in [7, 11) is 0. The van der Waals surface area contributed by atoms with Gasteiger partial charge in [0, 0.05) is 11.1 Å². The fourth-order valence-corrected chi connectivity index (χ4v) is 2.14. The molecule has 0 aromatic carbocycles. The lowest BCUT2D eigenvalue weighted by atomic mass is 10.3. The van der Waals surface area contributed by atoms with Crippen molar-refractivity contribution in [1.29, 1.82) is 0 Å². The maximum atomic E-state index is 11.3. The maximum Gasteiger partial charge on any atom is 0.276 e. The van der Waals surface area contributed by atoms with Crippen LogP contribution in [0.3, 0.4) is 0 Å². The lowest BCUT2D eigenvalue weighted by Gasteiger charge is -2.12. The molecular formula is C10H13N5OS. The van der Waals surface area contributed by atoms with E-state index in [1.54, 1.807) is 11.3 Å². The van der Waals surface area contributed by atoms with Crippen LogP contribution in [0.1, 0.15) is 22.9 Å². The molecule has 0 amide bonds. The average molecular weight is 251 g/mol. The minimum Gasteiger partial charge on any atom is -0.391 e. The summed E-state index contributed by atoms with van der Waals surface area (Å²) in [5, 5.41) is 4.01. The number of thiazole rings is 1. The summed E-state index contributed by atoms with van der Waals surface area (Å²) < 4.78 is 0. The molecule has 1 atom stereocenters. The summed E-state index contributed by atoms with van der Waals surface area (Å²) in [5.41, 5.74) is 5.38. The zero-order chi connectivity index (χ0) is 12.4. The standard InChI is InChI=1S/C10H13N5OS/c1-5-3-12-10(17-5)6(2)15-8-7(11)9(16)14-4-13-8/h3-4,6H,11H2,1-2H3,(H2,13,14,15,16). The first-order valence-corrected chi connectivity index (χ1v) is 5.91. The van der Waals surface area contributed by atoms with Crippen molar-refractivity contribution < 1.29 is 0 Å². The van der Waals surface area contributed by atoms with Crippen LogP contribution in [0.4, 0.5) is 11.5 Å². The van der Waals surface area contributed by atoms with Crippen molar-refractivity contribution in [3.63, 3.8) is 0 Å². The Morgan fingerprint density at radius 3 is 2.94 bits per heavy atom. The van der Waals surface area contributed by atoms with E-state index in [-0.39, 0.29) is 17.3 Å². The van der Waals surface area contributed by atoms with Crippen LogP contribution in [-0.2, 0) is 0 Å². The smallest absolute Gasteiger partial charge is 0.276 e. The third-order valence-electron chi connectivity index (χ3n) is 2.25. The molecule has 4 N–H and O–H groups in total. The van der Waals surface area contributed by atoms with Crippen molar-refractivity contribution in [3.8, 4) is 0 Å². The Bertz CT molecular complexity index is 576. The number of aromatic amines is 1. The van der Waals surface area contributed by atoms with Gasteiger partial charge in [0.2, 0.25) is 0 Å². The zero-order valence-electron chi connectivity index (χ0n) is 9.52. The molecule has 2 aromatic rings. The number of aromatic nitrogens is 3. The van der Waals surface area contributed by atoms with Gasteiger partial charge in [0.15, 0.2) is 5.82 Å². The van der Waals surface area contributed by atoms with E-state index in [9.17, 15) is 4.79 Å². The van der Waals surface area contributed by atoms with Crippen molar-refractivity contribution in [2.45, 2.75) is 19.9 Å². The van der Waals surface area contributed by atoms with Gasteiger partial charge in [-0.3, -0.25) is 4.79 Å². The number of hydrogen-bond donors (Lipinski definition) is 3. The summed E-state index contributed by atoms with van der Waals surface area (Å²) in [4.78, 5) is 23.1. The van der Waals surface area contributed by atoms with E-state index in [0.29, 0.717) is 5.82 Å². The second-order valence-electron chi connectivity index (χ2n) is 3.67. The molecule has 7 heteroatoms. The third kappa shape index (κ3) is 2.44. The minimum atomic E-state index is -0.343. The van der Waals surface area contributed by atoms with E-state index in [0.717, 1.165) is 9.88 Å². The molecule has 6 nitrogen and oxygen atoms in total. The topological polar surface area (TPSA) is 96.7 Å². The number of nitrogens with one attached hydrogen (secondary N) is 2. The van der Waals surface area contributed by atoms with Crippen LogP contribution < -0.4 is 16.6 Å². The maximum absolute atomic E-state index is 11.3. The second-order valence-corrected chi connectivity index (χ2v) is 4.94. The van der Waals surface area contributed by atoms with Crippen molar-refractivity contribution in [2.75, 3.05) is 11.1 Å². The van der Waals surface area contributed by atoms with Crippen LogP contribution in [0.25, 0.3) is 0 Å². The molecule has 2 heterocycles. The van der Waals surface area contributed by atoms with Gasteiger partial charge in [-0.15, -0.1) is 11.3 Å². The predicted octanol–water partition coefficient (Wildman–Crippen LogP) is 1.29. The molecule has 0 radical (unpaired) electrons. The number of rotatable bonds is 3. The zero-order valence-corrected chi connectivity index (χ0v) is 10.3. The van der Waals surface area contributed by atoms with Gasteiger partial charge < -0.3 is 16.0 Å². The number of nitrogens with two attached hydrogens (primary N) is 1. The molecule has 0 aliphatic carbocycles. The average Bonchev–Trinajstić information content (AvgIpc) is 2.72. The van der Waals surface area contributed by atoms with Crippen molar-refractivity contribution in [3.05, 3.63) is 32.8 Å². The minimum absolute atomic E-state index is 0.0368. The normalized spacial score (nSPS) is 12.4. The summed E-state index contributed by atoms with van der Waals surface area (Å²) >= 11 is 1.60. The Labute approximate surface area is 102 Å². The molecule has 90 valence electrons. The summed E-state index contributed by atoms with van der Waals surface area (Å²) in [6.07, 6.45) is 3.13. The SMILES string of the molecule is Cc1cnc(C(C)Nc2nc[nH]c(=O)c2N)s1. The van der Waals surface area contributed by atoms with E-state index >= 15 is 0 Å². The number of nitrogen functional groups attached to an aromatic ring is 1. The summed E-state index contributed by atoms with van der Waals surface area (Å²) in [6, 6.07) is -0.0368. The van der Waals surface area contributed by atoms with Crippen LogP contribution in [0.5, 0.6) is 0 Å². The van der Waals surface area contributed by atoms with Gasteiger partial charge in [0.05, 0.1) is 12.4 Å². The fraction of sp³-hybridized carbons (Fsp3) is 0.300. The van der Waals surface area contributed by atoms with Crippen molar-refractivity contribution >= 4 is 22.8 Å².